The van der Waals surface area contributed by atoms with E-state index in [1.54, 1.807) is 19.1 Å². The number of methoxy groups -OCH3 is 1. The molecule has 0 bridgehead atoms. The molecule has 210 valence electrons. The van der Waals surface area contributed by atoms with Crippen LogP contribution in [0.4, 0.5) is 10.1 Å². The highest BCUT2D eigenvalue weighted by molar-refractivity contribution is 6.31. The highest BCUT2D eigenvalue weighted by atomic mass is 35.5. The standard InChI is InChI=1S/C29H34ClFN2O6/c1-28(9-4-10-28)16-32-25(34)19-6-5-17(30)13-22(19)33-26(35)20-14-24(21(31)15-23(20)38-3)39-18-7-11-29(2,12-8-18)27(36)37/h5-6,13-15,18H,4,7-12,16H2,1-3H3,(H,32,34)(H,33,35)(H,36,37). The molecule has 0 aliphatic heterocycles. The van der Waals surface area contributed by atoms with E-state index in [0.717, 1.165) is 25.3 Å². The Morgan fingerprint density at radius 2 is 1.72 bits per heavy atom. The number of amides is 2. The van der Waals surface area contributed by atoms with E-state index in [0.29, 0.717) is 37.3 Å². The summed E-state index contributed by atoms with van der Waals surface area (Å²) in [7, 11) is 1.32. The van der Waals surface area contributed by atoms with Gasteiger partial charge in [0, 0.05) is 17.6 Å². The minimum atomic E-state index is -0.859. The summed E-state index contributed by atoms with van der Waals surface area (Å²) in [5, 5.41) is 15.4. The number of halogens is 2. The summed E-state index contributed by atoms with van der Waals surface area (Å²) in [4.78, 5) is 37.9. The van der Waals surface area contributed by atoms with Crippen molar-refractivity contribution in [1.82, 2.24) is 5.32 Å². The number of carbonyl (C=O) groups is 3. The molecule has 0 saturated heterocycles. The minimum Gasteiger partial charge on any atom is -0.496 e. The maximum absolute atomic E-state index is 14.9. The quantitative estimate of drug-likeness (QED) is 0.343. The Hall–Kier alpha value is -3.33. The highest BCUT2D eigenvalue weighted by Gasteiger charge is 2.38. The number of benzene rings is 2. The van der Waals surface area contributed by atoms with Crippen molar-refractivity contribution in [1.29, 1.82) is 0 Å². The lowest BCUT2D eigenvalue weighted by Gasteiger charge is -2.38. The van der Waals surface area contributed by atoms with E-state index in [1.165, 1.54) is 19.2 Å². The monoisotopic (exact) mass is 560 g/mol. The Labute approximate surface area is 232 Å². The summed E-state index contributed by atoms with van der Waals surface area (Å²) in [6, 6.07) is 6.92. The Morgan fingerprint density at radius 3 is 2.31 bits per heavy atom. The molecule has 2 aromatic carbocycles. The van der Waals surface area contributed by atoms with Crippen molar-refractivity contribution in [3.63, 3.8) is 0 Å². The van der Waals surface area contributed by atoms with Crippen LogP contribution in [0, 0.1) is 16.6 Å². The summed E-state index contributed by atoms with van der Waals surface area (Å²) in [6.07, 6.45) is 4.52. The average Bonchev–Trinajstić information content (AvgIpc) is 2.88. The molecular formula is C29H34ClFN2O6. The molecule has 2 fully saturated rings. The molecule has 8 nitrogen and oxygen atoms in total. The molecule has 2 aliphatic rings. The van der Waals surface area contributed by atoms with Crippen LogP contribution in [-0.2, 0) is 4.79 Å². The normalized spacial score (nSPS) is 21.8. The number of nitrogens with one attached hydrogen (secondary N) is 2. The van der Waals surface area contributed by atoms with Gasteiger partial charge in [0.2, 0.25) is 0 Å². The second-order valence-corrected chi connectivity index (χ2v) is 11.6. The third-order valence-corrected chi connectivity index (χ3v) is 8.29. The molecular weight excluding hydrogens is 527 g/mol. The Balaban J connectivity index is 1.52. The third-order valence-electron chi connectivity index (χ3n) is 8.06. The van der Waals surface area contributed by atoms with Crippen molar-refractivity contribution in [2.24, 2.45) is 10.8 Å². The number of carboxylic acids is 1. The lowest BCUT2D eigenvalue weighted by molar-refractivity contribution is -0.150. The lowest BCUT2D eigenvalue weighted by atomic mass is 9.70. The molecule has 3 N–H and O–H groups in total. The van der Waals surface area contributed by atoms with Crippen LogP contribution in [0.1, 0.15) is 79.5 Å². The zero-order valence-electron chi connectivity index (χ0n) is 22.4. The number of hydrogen-bond donors (Lipinski definition) is 3. The number of carbonyl (C=O) groups excluding carboxylic acids is 2. The van der Waals surface area contributed by atoms with Crippen molar-refractivity contribution >= 4 is 35.1 Å². The number of ether oxygens (including phenoxy) is 2. The SMILES string of the molecule is COc1cc(F)c(OC2CCC(C)(C(=O)O)CC2)cc1C(=O)Nc1cc(Cl)ccc1C(=O)NCC1(C)CCC1. The first-order valence-corrected chi connectivity index (χ1v) is 13.5. The number of hydrogen-bond acceptors (Lipinski definition) is 5. The fourth-order valence-corrected chi connectivity index (χ4v) is 5.24. The van der Waals surface area contributed by atoms with Gasteiger partial charge in [0.15, 0.2) is 11.6 Å². The Morgan fingerprint density at radius 1 is 1.03 bits per heavy atom. The van der Waals surface area contributed by atoms with Crippen LogP contribution in [0.3, 0.4) is 0 Å². The van der Waals surface area contributed by atoms with Crippen molar-refractivity contribution in [3.05, 3.63) is 52.3 Å². The summed E-state index contributed by atoms with van der Waals surface area (Å²) in [5.41, 5.74) is -0.295. The highest BCUT2D eigenvalue weighted by Crippen LogP contribution is 2.40. The fourth-order valence-electron chi connectivity index (χ4n) is 5.07. The molecule has 4 rings (SSSR count). The van der Waals surface area contributed by atoms with E-state index >= 15 is 0 Å². The smallest absolute Gasteiger partial charge is 0.309 e. The Kier molecular flexibility index (Phi) is 8.39. The van der Waals surface area contributed by atoms with E-state index in [-0.39, 0.29) is 39.6 Å². The number of carboxylic acid groups (broad SMARTS) is 1. The molecule has 0 heterocycles. The van der Waals surface area contributed by atoms with Crippen molar-refractivity contribution < 1.29 is 33.4 Å². The summed E-state index contributed by atoms with van der Waals surface area (Å²) in [6.45, 7) is 4.35. The van der Waals surface area contributed by atoms with Gasteiger partial charge in [-0.15, -0.1) is 0 Å². The number of anilines is 1. The summed E-state index contributed by atoms with van der Waals surface area (Å²) >= 11 is 6.17. The van der Waals surface area contributed by atoms with E-state index in [4.69, 9.17) is 21.1 Å². The first-order chi connectivity index (χ1) is 18.4. The van der Waals surface area contributed by atoms with E-state index in [2.05, 4.69) is 17.6 Å². The summed E-state index contributed by atoms with van der Waals surface area (Å²) < 4.78 is 26.0. The van der Waals surface area contributed by atoms with Crippen LogP contribution in [0.15, 0.2) is 30.3 Å². The van der Waals surface area contributed by atoms with Crippen LogP contribution in [0.5, 0.6) is 11.5 Å². The molecule has 0 aromatic heterocycles. The van der Waals surface area contributed by atoms with E-state index in [9.17, 15) is 23.9 Å². The van der Waals surface area contributed by atoms with Gasteiger partial charge in [-0.3, -0.25) is 14.4 Å². The first kappa shape index (κ1) is 28.7. The number of aliphatic carboxylic acids is 1. The summed E-state index contributed by atoms with van der Waals surface area (Å²) in [5.74, 6) is -2.69. The molecule has 0 spiro atoms. The maximum atomic E-state index is 14.9. The molecule has 0 unspecified atom stereocenters. The van der Waals surface area contributed by atoms with Gasteiger partial charge in [-0.2, -0.15) is 0 Å². The van der Waals surface area contributed by atoms with Gasteiger partial charge in [-0.25, -0.2) is 4.39 Å². The van der Waals surface area contributed by atoms with Gasteiger partial charge in [0.25, 0.3) is 11.8 Å². The predicted octanol–water partition coefficient (Wildman–Crippen LogP) is 6.07. The van der Waals surface area contributed by atoms with Crippen molar-refractivity contribution in [2.75, 3.05) is 19.0 Å². The second-order valence-electron chi connectivity index (χ2n) is 11.2. The molecule has 2 aromatic rings. The van der Waals surface area contributed by atoms with Gasteiger partial charge < -0.3 is 25.2 Å². The zero-order valence-corrected chi connectivity index (χ0v) is 23.1. The number of rotatable bonds is 9. The zero-order chi connectivity index (χ0) is 28.4. The van der Waals surface area contributed by atoms with Gasteiger partial charge >= 0.3 is 5.97 Å². The van der Waals surface area contributed by atoms with Crippen LogP contribution in [0.2, 0.25) is 5.02 Å². The topological polar surface area (TPSA) is 114 Å². The van der Waals surface area contributed by atoms with E-state index in [1.807, 2.05) is 0 Å². The van der Waals surface area contributed by atoms with Crippen LogP contribution >= 0.6 is 11.6 Å². The van der Waals surface area contributed by atoms with Gasteiger partial charge in [0.05, 0.1) is 35.4 Å². The Bertz CT molecular complexity index is 1270. The molecule has 2 saturated carbocycles. The molecule has 2 aliphatic carbocycles. The molecule has 2 amide bonds. The maximum Gasteiger partial charge on any atom is 0.309 e. The van der Waals surface area contributed by atoms with Gasteiger partial charge in [-0.05, 0) is 75.1 Å². The average molecular weight is 561 g/mol. The van der Waals surface area contributed by atoms with E-state index < -0.39 is 29.2 Å². The van der Waals surface area contributed by atoms with Gasteiger partial charge in [0.1, 0.15) is 5.75 Å². The van der Waals surface area contributed by atoms with Crippen LogP contribution in [0.25, 0.3) is 0 Å². The van der Waals surface area contributed by atoms with Gasteiger partial charge in [-0.1, -0.05) is 24.9 Å². The van der Waals surface area contributed by atoms with Crippen molar-refractivity contribution in [2.45, 2.75) is 64.9 Å². The third kappa shape index (κ3) is 6.46. The fraction of sp³-hybridized carbons (Fsp3) is 0.483. The largest absolute Gasteiger partial charge is 0.496 e. The predicted molar refractivity (Wildman–Crippen MR) is 145 cm³/mol. The minimum absolute atomic E-state index is 0.00777. The lowest BCUT2D eigenvalue weighted by Crippen LogP contribution is -2.40. The molecule has 0 atom stereocenters. The molecule has 10 heteroatoms. The second kappa shape index (κ2) is 11.4. The van der Waals surface area contributed by atoms with Crippen LogP contribution < -0.4 is 20.1 Å². The first-order valence-electron chi connectivity index (χ1n) is 13.1. The molecule has 39 heavy (non-hydrogen) atoms. The van der Waals surface area contributed by atoms with Crippen molar-refractivity contribution in [3.8, 4) is 11.5 Å². The van der Waals surface area contributed by atoms with Crippen LogP contribution in [-0.4, -0.2) is 42.6 Å². The molecule has 0 radical (unpaired) electrons.